The molecule has 0 radical (unpaired) electrons. The lowest BCUT2D eigenvalue weighted by molar-refractivity contribution is -0.190. The van der Waals surface area contributed by atoms with Crippen molar-refractivity contribution in [2.24, 2.45) is 0 Å². The number of likely N-dealkylation sites (N-methyl/N-ethyl adjacent to an activating group) is 1. The monoisotopic (exact) mass is 254 g/mol. The fourth-order valence-corrected chi connectivity index (χ4v) is 2.00. The molecule has 0 aliphatic carbocycles. The van der Waals surface area contributed by atoms with Gasteiger partial charge in [0.15, 0.2) is 0 Å². The second-order valence-corrected chi connectivity index (χ2v) is 4.35. The molecule has 0 aromatic carbocycles. The fourth-order valence-electron chi connectivity index (χ4n) is 2.00. The molecule has 1 aliphatic heterocycles. The van der Waals surface area contributed by atoms with Gasteiger partial charge >= 0.3 is 12.1 Å². The Morgan fingerprint density at radius 2 is 1.94 bits per heavy atom. The molecule has 1 unspecified atom stereocenters. The Bertz CT molecular complexity index is 271. The van der Waals surface area contributed by atoms with Crippen LogP contribution in [0.2, 0.25) is 0 Å². The third-order valence-corrected chi connectivity index (χ3v) is 2.94. The predicted molar refractivity (Wildman–Crippen MR) is 55.8 cm³/mol. The second kappa shape index (κ2) is 5.68. The molecule has 0 spiro atoms. The maximum Gasteiger partial charge on any atom is 0.404 e. The highest BCUT2D eigenvalue weighted by Gasteiger charge is 2.44. The van der Waals surface area contributed by atoms with Crippen LogP contribution >= 0.6 is 0 Å². The molecule has 1 aliphatic rings. The Morgan fingerprint density at radius 3 is 2.47 bits per heavy atom. The summed E-state index contributed by atoms with van der Waals surface area (Å²) in [4.78, 5) is 13.7. The van der Waals surface area contributed by atoms with Crippen LogP contribution in [-0.4, -0.2) is 66.3 Å². The van der Waals surface area contributed by atoms with E-state index in [9.17, 15) is 18.0 Å². The van der Waals surface area contributed by atoms with E-state index in [1.54, 1.807) is 0 Å². The molecule has 1 atom stereocenters. The molecular weight excluding hydrogens is 237 g/mol. The van der Waals surface area contributed by atoms with Gasteiger partial charge in [0.05, 0.1) is 6.42 Å². The number of halogens is 3. The molecule has 100 valence electrons. The summed E-state index contributed by atoms with van der Waals surface area (Å²) in [7, 11) is 1.85. The first kappa shape index (κ1) is 14.2. The van der Waals surface area contributed by atoms with Crippen LogP contribution in [0.1, 0.15) is 12.8 Å². The minimum absolute atomic E-state index is 0.258. The lowest BCUT2D eigenvalue weighted by Crippen LogP contribution is -2.48. The highest BCUT2D eigenvalue weighted by atomic mass is 19.4. The summed E-state index contributed by atoms with van der Waals surface area (Å²) in [5.74, 6) is -1.41. The number of hydrogen-bond donors (Lipinski definition) is 1. The van der Waals surface area contributed by atoms with Crippen LogP contribution in [0, 0.1) is 0 Å². The first-order chi connectivity index (χ1) is 7.80. The van der Waals surface area contributed by atoms with Gasteiger partial charge in [-0.15, -0.1) is 0 Å². The number of rotatable bonds is 3. The van der Waals surface area contributed by atoms with E-state index in [-0.39, 0.29) is 6.54 Å². The standard InChI is InChI=1S/C10H17F3N2O2/c1-14-3-2-4-15(6-5-14)8(7-9(16)17)10(11,12)13/h8H,2-7H2,1H3,(H,16,17). The quantitative estimate of drug-likeness (QED) is 0.817. The van der Waals surface area contributed by atoms with Crippen molar-refractivity contribution in [3.63, 3.8) is 0 Å². The zero-order valence-electron chi connectivity index (χ0n) is 9.70. The van der Waals surface area contributed by atoms with Gasteiger partial charge in [-0.3, -0.25) is 9.69 Å². The molecule has 0 amide bonds. The van der Waals surface area contributed by atoms with Gasteiger partial charge in [-0.05, 0) is 20.0 Å². The summed E-state index contributed by atoms with van der Waals surface area (Å²) in [6, 6.07) is -1.87. The maximum atomic E-state index is 12.8. The molecule has 0 saturated carbocycles. The van der Waals surface area contributed by atoms with Gasteiger partial charge in [0.25, 0.3) is 0 Å². The average Bonchev–Trinajstić information content (AvgIpc) is 2.37. The van der Waals surface area contributed by atoms with Crippen LogP contribution in [0.4, 0.5) is 13.2 Å². The van der Waals surface area contributed by atoms with E-state index in [1.807, 2.05) is 11.9 Å². The van der Waals surface area contributed by atoms with Gasteiger partial charge in [0, 0.05) is 19.6 Å². The van der Waals surface area contributed by atoms with Crippen LogP contribution in [-0.2, 0) is 4.79 Å². The fraction of sp³-hybridized carbons (Fsp3) is 0.900. The van der Waals surface area contributed by atoms with Crippen molar-refractivity contribution in [1.82, 2.24) is 9.80 Å². The molecule has 1 rings (SSSR count). The maximum absolute atomic E-state index is 12.8. The molecule has 1 saturated heterocycles. The molecule has 17 heavy (non-hydrogen) atoms. The third-order valence-electron chi connectivity index (χ3n) is 2.94. The topological polar surface area (TPSA) is 43.8 Å². The van der Waals surface area contributed by atoms with Crippen LogP contribution in [0.3, 0.4) is 0 Å². The highest BCUT2D eigenvalue weighted by molar-refractivity contribution is 5.67. The normalized spacial score (nSPS) is 22.1. The van der Waals surface area contributed by atoms with Crippen LogP contribution < -0.4 is 0 Å². The summed E-state index contributed by atoms with van der Waals surface area (Å²) in [6.45, 7) is 1.83. The van der Waals surface area contributed by atoms with Crippen molar-refractivity contribution < 1.29 is 23.1 Å². The Morgan fingerprint density at radius 1 is 1.29 bits per heavy atom. The van der Waals surface area contributed by atoms with Crippen molar-refractivity contribution in [3.8, 4) is 0 Å². The number of aliphatic carboxylic acids is 1. The summed E-state index contributed by atoms with van der Waals surface area (Å²) >= 11 is 0. The molecule has 1 N–H and O–H groups in total. The van der Waals surface area contributed by atoms with Gasteiger partial charge in [0.2, 0.25) is 0 Å². The van der Waals surface area contributed by atoms with Crippen LogP contribution in [0.5, 0.6) is 0 Å². The minimum atomic E-state index is -4.48. The molecule has 0 bridgehead atoms. The number of alkyl halides is 3. The molecule has 4 nitrogen and oxygen atoms in total. The first-order valence-electron chi connectivity index (χ1n) is 5.52. The Labute approximate surface area is 98.0 Å². The second-order valence-electron chi connectivity index (χ2n) is 4.35. The van der Waals surface area contributed by atoms with E-state index in [0.29, 0.717) is 19.5 Å². The summed E-state index contributed by atoms with van der Waals surface area (Å²) in [6.07, 6.45) is -4.74. The SMILES string of the molecule is CN1CCCN(C(CC(=O)O)C(F)(F)F)CC1. The third kappa shape index (κ3) is 4.51. The number of hydrogen-bond acceptors (Lipinski definition) is 3. The number of carboxylic acids is 1. The molecule has 7 heteroatoms. The first-order valence-corrected chi connectivity index (χ1v) is 5.52. The minimum Gasteiger partial charge on any atom is -0.481 e. The van der Waals surface area contributed by atoms with Crippen molar-refractivity contribution >= 4 is 5.97 Å². The number of carbonyl (C=O) groups is 1. The van der Waals surface area contributed by atoms with E-state index in [4.69, 9.17) is 5.11 Å². The van der Waals surface area contributed by atoms with Gasteiger partial charge < -0.3 is 10.0 Å². The highest BCUT2D eigenvalue weighted by Crippen LogP contribution is 2.28. The Hall–Kier alpha value is -0.820. The Kier molecular flexibility index (Phi) is 4.76. The van der Waals surface area contributed by atoms with E-state index < -0.39 is 24.6 Å². The molecule has 0 aromatic rings. The van der Waals surface area contributed by atoms with Gasteiger partial charge in [-0.1, -0.05) is 0 Å². The summed E-state index contributed by atoms with van der Waals surface area (Å²) < 4.78 is 38.3. The molecule has 1 heterocycles. The zero-order valence-corrected chi connectivity index (χ0v) is 9.70. The van der Waals surface area contributed by atoms with Gasteiger partial charge in [-0.2, -0.15) is 13.2 Å². The van der Waals surface area contributed by atoms with E-state index >= 15 is 0 Å². The summed E-state index contributed by atoms with van der Waals surface area (Å²) in [5.41, 5.74) is 0. The smallest absolute Gasteiger partial charge is 0.404 e. The van der Waals surface area contributed by atoms with Crippen molar-refractivity contribution in [1.29, 1.82) is 0 Å². The van der Waals surface area contributed by atoms with Crippen LogP contribution in [0.25, 0.3) is 0 Å². The number of nitrogens with zero attached hydrogens (tertiary/aromatic N) is 2. The van der Waals surface area contributed by atoms with Crippen molar-refractivity contribution in [3.05, 3.63) is 0 Å². The predicted octanol–water partition coefficient (Wildman–Crippen LogP) is 1.03. The van der Waals surface area contributed by atoms with E-state index in [0.717, 1.165) is 6.54 Å². The average molecular weight is 254 g/mol. The number of carboxylic acid groups (broad SMARTS) is 1. The lowest BCUT2D eigenvalue weighted by atomic mass is 10.1. The Balaban J connectivity index is 2.71. The van der Waals surface area contributed by atoms with Gasteiger partial charge in [-0.25, -0.2) is 0 Å². The van der Waals surface area contributed by atoms with Crippen molar-refractivity contribution in [2.45, 2.75) is 25.1 Å². The molecule has 0 aromatic heterocycles. The zero-order chi connectivity index (χ0) is 13.1. The van der Waals surface area contributed by atoms with E-state index in [1.165, 1.54) is 4.90 Å². The molecule has 1 fully saturated rings. The van der Waals surface area contributed by atoms with E-state index in [2.05, 4.69) is 0 Å². The lowest BCUT2D eigenvalue weighted by Gasteiger charge is -2.31. The summed E-state index contributed by atoms with van der Waals surface area (Å²) in [5, 5.41) is 8.56. The largest absolute Gasteiger partial charge is 0.481 e. The van der Waals surface area contributed by atoms with Crippen LogP contribution in [0.15, 0.2) is 0 Å². The van der Waals surface area contributed by atoms with Gasteiger partial charge in [0.1, 0.15) is 6.04 Å². The molecular formula is C10H17F3N2O2. The van der Waals surface area contributed by atoms with Crippen molar-refractivity contribution in [2.75, 3.05) is 33.2 Å².